The number of carboxylic acid groups (broad SMARTS) is 2. The SMILES string of the molecule is O=C(O)C(=O)O.O=C1COc2ccc(C(=O)CN3CCC(Cn4c(COc5ccccc5)nc5ccccc54)CC3)cc2N1. The van der Waals surface area contributed by atoms with E-state index in [1.807, 2.05) is 42.5 Å². The normalized spacial score (nSPS) is 14.9. The van der Waals surface area contributed by atoms with E-state index in [1.165, 1.54) is 0 Å². The van der Waals surface area contributed by atoms with E-state index in [1.54, 1.807) is 18.2 Å². The van der Waals surface area contributed by atoms with Crippen molar-refractivity contribution >= 4 is 40.3 Å². The number of carbonyl (C=O) groups excluding carboxylic acids is 2. The van der Waals surface area contributed by atoms with Gasteiger partial charge in [-0.2, -0.15) is 0 Å². The highest BCUT2D eigenvalue weighted by atomic mass is 16.5. The van der Waals surface area contributed by atoms with Gasteiger partial charge in [0.1, 0.15) is 23.9 Å². The lowest BCUT2D eigenvalue weighted by Gasteiger charge is -2.32. The summed E-state index contributed by atoms with van der Waals surface area (Å²) >= 11 is 0. The van der Waals surface area contributed by atoms with Crippen molar-refractivity contribution in [2.75, 3.05) is 31.6 Å². The molecule has 0 saturated carbocycles. The molecule has 12 nitrogen and oxygen atoms in total. The number of Topliss-reactive ketones (excluding diaryl/α,β-unsaturated/α-hetero) is 1. The van der Waals surface area contributed by atoms with Gasteiger partial charge < -0.3 is 29.6 Å². The van der Waals surface area contributed by atoms with Crippen LogP contribution in [-0.4, -0.2) is 74.5 Å². The fourth-order valence-electron chi connectivity index (χ4n) is 5.24. The summed E-state index contributed by atoms with van der Waals surface area (Å²) in [4.78, 5) is 49.9. The maximum Gasteiger partial charge on any atom is 0.414 e. The molecule has 2 aliphatic heterocycles. The van der Waals surface area contributed by atoms with Crippen LogP contribution in [0.4, 0.5) is 5.69 Å². The van der Waals surface area contributed by atoms with Crippen LogP contribution in [0.5, 0.6) is 11.5 Å². The molecule has 4 aromatic rings. The Kier molecular flexibility index (Phi) is 9.50. The monoisotopic (exact) mass is 600 g/mol. The molecule has 2 aliphatic rings. The van der Waals surface area contributed by atoms with E-state index < -0.39 is 11.9 Å². The Labute approximate surface area is 252 Å². The van der Waals surface area contributed by atoms with E-state index in [0.717, 1.165) is 55.1 Å². The first-order chi connectivity index (χ1) is 21.3. The molecule has 0 atom stereocenters. The second-order valence-electron chi connectivity index (χ2n) is 10.5. The third-order valence-electron chi connectivity index (χ3n) is 7.48. The van der Waals surface area contributed by atoms with Crippen molar-refractivity contribution in [1.82, 2.24) is 14.5 Å². The van der Waals surface area contributed by atoms with Crippen LogP contribution in [0.25, 0.3) is 11.0 Å². The molecule has 0 bridgehead atoms. The summed E-state index contributed by atoms with van der Waals surface area (Å²) in [7, 11) is 0. The van der Waals surface area contributed by atoms with Crippen molar-refractivity contribution in [3.05, 3.63) is 84.2 Å². The number of imidazole rings is 1. The third-order valence-corrected chi connectivity index (χ3v) is 7.48. The van der Waals surface area contributed by atoms with Gasteiger partial charge in [0.2, 0.25) is 0 Å². The molecule has 1 fully saturated rings. The largest absolute Gasteiger partial charge is 0.486 e. The molecule has 1 saturated heterocycles. The highest BCUT2D eigenvalue weighted by molar-refractivity contribution is 6.27. The lowest BCUT2D eigenvalue weighted by molar-refractivity contribution is -0.159. The quantitative estimate of drug-likeness (QED) is 0.201. The molecule has 3 N–H and O–H groups in total. The number of nitrogens with zero attached hydrogens (tertiary/aromatic N) is 3. The van der Waals surface area contributed by atoms with Crippen LogP contribution >= 0.6 is 0 Å². The van der Waals surface area contributed by atoms with Gasteiger partial charge in [0.05, 0.1) is 23.3 Å². The number of nitrogens with one attached hydrogen (secondary N) is 1. The average molecular weight is 601 g/mol. The minimum atomic E-state index is -1.82. The van der Waals surface area contributed by atoms with E-state index in [4.69, 9.17) is 34.3 Å². The Balaban J connectivity index is 0.000000584. The van der Waals surface area contributed by atoms with Crippen LogP contribution in [0, 0.1) is 5.92 Å². The number of aromatic nitrogens is 2. The van der Waals surface area contributed by atoms with Crippen LogP contribution in [0.2, 0.25) is 0 Å². The number of aliphatic carboxylic acids is 2. The van der Waals surface area contributed by atoms with Crippen LogP contribution in [0.1, 0.15) is 29.0 Å². The number of anilines is 1. The Morgan fingerprint density at radius 1 is 0.955 bits per heavy atom. The number of ketones is 1. The Bertz CT molecular complexity index is 1650. The van der Waals surface area contributed by atoms with Crippen LogP contribution in [-0.2, 0) is 27.5 Å². The standard InChI is InChI=1S/C30H30N4O4.C2H2O4/c35-27(22-10-11-28-25(16-22)32-30(36)20-38-28)18-33-14-12-21(13-15-33)17-34-26-9-5-4-8-24(26)31-29(34)19-37-23-6-2-1-3-7-23;3-1(4)2(5)6/h1-11,16,21H,12-15,17-20H2,(H,32,36);(H,3,4)(H,5,6). The minimum absolute atomic E-state index is 0.00560. The van der Waals surface area contributed by atoms with E-state index in [2.05, 4.69) is 26.9 Å². The number of amides is 1. The molecule has 0 radical (unpaired) electrons. The van der Waals surface area contributed by atoms with Gasteiger partial charge in [0, 0.05) is 12.1 Å². The minimum Gasteiger partial charge on any atom is -0.486 e. The second kappa shape index (κ2) is 13.8. The van der Waals surface area contributed by atoms with Crippen LogP contribution in [0.3, 0.4) is 0 Å². The first-order valence-electron chi connectivity index (χ1n) is 14.2. The second-order valence-corrected chi connectivity index (χ2v) is 10.5. The summed E-state index contributed by atoms with van der Waals surface area (Å²) in [6, 6.07) is 23.3. The van der Waals surface area contributed by atoms with Crippen molar-refractivity contribution in [2.24, 2.45) is 5.92 Å². The van der Waals surface area contributed by atoms with E-state index in [-0.39, 0.29) is 18.3 Å². The van der Waals surface area contributed by atoms with Crippen molar-refractivity contribution in [1.29, 1.82) is 0 Å². The molecule has 0 unspecified atom stereocenters. The Hall–Kier alpha value is -5.23. The average Bonchev–Trinajstić information content (AvgIpc) is 3.38. The zero-order valence-electron chi connectivity index (χ0n) is 23.8. The predicted octanol–water partition coefficient (Wildman–Crippen LogP) is 3.70. The first-order valence-corrected chi connectivity index (χ1v) is 14.2. The van der Waals surface area contributed by atoms with Crippen molar-refractivity contribution < 1.29 is 38.9 Å². The highest BCUT2D eigenvalue weighted by Gasteiger charge is 2.24. The van der Waals surface area contributed by atoms with Crippen molar-refractivity contribution in [3.63, 3.8) is 0 Å². The van der Waals surface area contributed by atoms with Gasteiger partial charge in [-0.25, -0.2) is 14.6 Å². The van der Waals surface area contributed by atoms with Crippen LogP contribution in [0.15, 0.2) is 72.8 Å². The summed E-state index contributed by atoms with van der Waals surface area (Å²) < 4.78 is 13.7. The first kappa shape index (κ1) is 30.2. The summed E-state index contributed by atoms with van der Waals surface area (Å²) in [5, 5.41) is 17.6. The summed E-state index contributed by atoms with van der Waals surface area (Å²) in [6.07, 6.45) is 2.01. The molecule has 3 aromatic carbocycles. The Morgan fingerprint density at radius 2 is 1.66 bits per heavy atom. The highest BCUT2D eigenvalue weighted by Crippen LogP contribution is 2.29. The lowest BCUT2D eigenvalue weighted by Crippen LogP contribution is -2.38. The molecule has 44 heavy (non-hydrogen) atoms. The fraction of sp³-hybridized carbons (Fsp3) is 0.281. The zero-order chi connectivity index (χ0) is 31.1. The number of piperidine rings is 1. The number of carboxylic acids is 2. The van der Waals surface area contributed by atoms with Gasteiger partial charge in [0.15, 0.2) is 12.4 Å². The predicted molar refractivity (Wildman–Crippen MR) is 160 cm³/mol. The van der Waals surface area contributed by atoms with Crippen molar-refractivity contribution in [3.8, 4) is 11.5 Å². The molecular weight excluding hydrogens is 568 g/mol. The van der Waals surface area contributed by atoms with Gasteiger partial charge in [-0.15, -0.1) is 0 Å². The number of ether oxygens (including phenoxy) is 2. The van der Waals surface area contributed by atoms with Crippen molar-refractivity contribution in [2.45, 2.75) is 26.0 Å². The molecule has 12 heteroatoms. The molecule has 1 aromatic heterocycles. The number of rotatable bonds is 8. The third kappa shape index (κ3) is 7.58. The maximum atomic E-state index is 13.0. The van der Waals surface area contributed by atoms with E-state index in [9.17, 15) is 9.59 Å². The molecule has 228 valence electrons. The molecule has 3 heterocycles. The topological polar surface area (TPSA) is 160 Å². The zero-order valence-corrected chi connectivity index (χ0v) is 23.8. The summed E-state index contributed by atoms with van der Waals surface area (Å²) in [6.45, 7) is 3.39. The molecular formula is C32H32N4O8. The summed E-state index contributed by atoms with van der Waals surface area (Å²) in [5.74, 6) is -0.955. The number of carbonyl (C=O) groups is 4. The van der Waals surface area contributed by atoms with Gasteiger partial charge >= 0.3 is 11.9 Å². The molecule has 0 spiro atoms. The number of benzene rings is 3. The van der Waals surface area contributed by atoms with E-state index >= 15 is 0 Å². The van der Waals surface area contributed by atoms with E-state index in [0.29, 0.717) is 36.1 Å². The van der Waals surface area contributed by atoms with Gasteiger partial charge in [-0.1, -0.05) is 30.3 Å². The smallest absolute Gasteiger partial charge is 0.414 e. The van der Waals surface area contributed by atoms with Gasteiger partial charge in [-0.05, 0) is 74.3 Å². The summed E-state index contributed by atoms with van der Waals surface area (Å²) in [5.41, 5.74) is 3.25. The fourth-order valence-corrected chi connectivity index (χ4v) is 5.24. The maximum absolute atomic E-state index is 13.0. The molecule has 6 rings (SSSR count). The number of para-hydroxylation sites is 3. The number of fused-ring (bicyclic) bond motifs is 2. The molecule has 1 amide bonds. The van der Waals surface area contributed by atoms with Gasteiger partial charge in [-0.3, -0.25) is 14.5 Å². The van der Waals surface area contributed by atoms with Crippen LogP contribution < -0.4 is 14.8 Å². The Morgan fingerprint density at radius 3 is 2.39 bits per heavy atom. The van der Waals surface area contributed by atoms with Gasteiger partial charge in [0.25, 0.3) is 5.91 Å². The molecule has 0 aliphatic carbocycles. The number of hydrogen-bond donors (Lipinski definition) is 3. The number of likely N-dealkylation sites (tertiary alicyclic amines) is 1. The number of hydrogen-bond acceptors (Lipinski definition) is 8. The lowest BCUT2D eigenvalue weighted by atomic mass is 9.96.